The third-order valence-corrected chi connectivity index (χ3v) is 7.72. The molecule has 236 valence electrons. The molecule has 3 rings (SSSR count). The van der Waals surface area contributed by atoms with Gasteiger partial charge < -0.3 is 23.7 Å². The molecule has 0 saturated carbocycles. The lowest BCUT2D eigenvalue weighted by molar-refractivity contribution is -0.268. The van der Waals surface area contributed by atoms with Crippen molar-refractivity contribution >= 4 is 11.6 Å². The van der Waals surface area contributed by atoms with E-state index in [2.05, 4.69) is 42.9 Å². The van der Waals surface area contributed by atoms with Gasteiger partial charge in [-0.1, -0.05) is 77.1 Å². The second kappa shape index (κ2) is 19.4. The van der Waals surface area contributed by atoms with E-state index in [-0.39, 0.29) is 30.0 Å². The lowest BCUT2D eigenvalue weighted by Gasteiger charge is -2.46. The van der Waals surface area contributed by atoms with Crippen LogP contribution in [0.1, 0.15) is 102 Å². The van der Waals surface area contributed by atoms with Crippen LogP contribution in [0.3, 0.4) is 0 Å². The van der Waals surface area contributed by atoms with E-state index in [1.54, 1.807) is 0 Å². The standard InChI is InChI=1S/C32H50ClN3O6/c1-5-9-15-38-22-26-30(39-16-10-6-2)32(41-18-12-8-4)31(40-17-11-7-3)29(42-26)23-13-14-25(33)24(19-23)20-27-34-21-28(37)36-35-27/h13-14,19,21,26,29-32H,5-12,15-18,20,22H2,1-4H3,(H,36,37)/t26-,29+,30-,31+,32+/m1/s1. The number of aromatic amines is 1. The smallest absolute Gasteiger partial charge is 0.282 e. The molecule has 1 saturated heterocycles. The van der Waals surface area contributed by atoms with Gasteiger partial charge >= 0.3 is 0 Å². The Morgan fingerprint density at radius 2 is 1.48 bits per heavy atom. The summed E-state index contributed by atoms with van der Waals surface area (Å²) in [7, 11) is 0. The molecular formula is C32H50ClN3O6. The third kappa shape index (κ3) is 10.7. The first-order chi connectivity index (χ1) is 20.5. The van der Waals surface area contributed by atoms with Gasteiger partial charge in [-0.25, -0.2) is 10.1 Å². The maximum Gasteiger partial charge on any atom is 0.282 e. The van der Waals surface area contributed by atoms with E-state index < -0.39 is 6.10 Å². The summed E-state index contributed by atoms with van der Waals surface area (Å²) in [5, 5.41) is 7.10. The highest BCUT2D eigenvalue weighted by Crippen LogP contribution is 2.39. The maximum atomic E-state index is 11.5. The molecule has 1 aromatic heterocycles. The van der Waals surface area contributed by atoms with Crippen LogP contribution in [0, 0.1) is 0 Å². The van der Waals surface area contributed by atoms with Crippen LogP contribution in [0.4, 0.5) is 0 Å². The summed E-state index contributed by atoms with van der Waals surface area (Å²) < 4.78 is 32.7. The number of rotatable bonds is 20. The molecule has 1 fully saturated rings. The largest absolute Gasteiger partial charge is 0.379 e. The van der Waals surface area contributed by atoms with Crippen molar-refractivity contribution in [2.45, 2.75) is 116 Å². The quantitative estimate of drug-likeness (QED) is 0.177. The highest BCUT2D eigenvalue weighted by molar-refractivity contribution is 6.31. The Kier molecular flexibility index (Phi) is 16.0. The number of unbranched alkanes of at least 4 members (excludes halogenated alkanes) is 4. The Morgan fingerprint density at radius 3 is 2.10 bits per heavy atom. The zero-order valence-corrected chi connectivity index (χ0v) is 26.6. The van der Waals surface area contributed by atoms with Crippen molar-refractivity contribution in [2.24, 2.45) is 0 Å². The van der Waals surface area contributed by atoms with E-state index in [1.807, 2.05) is 18.2 Å². The van der Waals surface area contributed by atoms with Crippen LogP contribution < -0.4 is 5.56 Å². The third-order valence-electron chi connectivity index (χ3n) is 7.36. The molecule has 0 spiro atoms. The van der Waals surface area contributed by atoms with Crippen LogP contribution in [-0.4, -0.2) is 72.6 Å². The van der Waals surface area contributed by atoms with E-state index in [9.17, 15) is 4.79 Å². The van der Waals surface area contributed by atoms with Crippen molar-refractivity contribution in [3.8, 4) is 0 Å². The van der Waals surface area contributed by atoms with Crippen LogP contribution in [-0.2, 0) is 30.1 Å². The van der Waals surface area contributed by atoms with Gasteiger partial charge in [0.05, 0.1) is 12.8 Å². The first kappa shape index (κ1) is 34.6. The number of hydrogen-bond acceptors (Lipinski definition) is 8. The molecule has 0 bridgehead atoms. The van der Waals surface area contributed by atoms with Gasteiger partial charge in [-0.15, -0.1) is 0 Å². The normalized spacial score (nSPS) is 22.5. The fourth-order valence-corrected chi connectivity index (χ4v) is 5.09. The molecule has 1 N–H and O–H groups in total. The monoisotopic (exact) mass is 607 g/mol. The van der Waals surface area contributed by atoms with Gasteiger partial charge in [-0.3, -0.25) is 4.79 Å². The summed E-state index contributed by atoms with van der Waals surface area (Å²) in [5.41, 5.74) is 1.41. The lowest BCUT2D eigenvalue weighted by atomic mass is 9.89. The van der Waals surface area contributed by atoms with Crippen molar-refractivity contribution in [3.05, 3.63) is 56.7 Å². The summed E-state index contributed by atoms with van der Waals surface area (Å²) in [6, 6.07) is 5.87. The van der Waals surface area contributed by atoms with Gasteiger partial charge in [0.15, 0.2) is 5.82 Å². The lowest BCUT2D eigenvalue weighted by Crippen LogP contribution is -2.58. The molecule has 2 heterocycles. The van der Waals surface area contributed by atoms with E-state index in [4.69, 9.17) is 35.3 Å². The minimum Gasteiger partial charge on any atom is -0.379 e. The molecule has 1 aliphatic heterocycles. The molecule has 0 unspecified atom stereocenters. The predicted molar refractivity (Wildman–Crippen MR) is 164 cm³/mol. The first-order valence-electron chi connectivity index (χ1n) is 15.8. The Balaban J connectivity index is 1.98. The van der Waals surface area contributed by atoms with Gasteiger partial charge in [-0.05, 0) is 42.9 Å². The molecule has 42 heavy (non-hydrogen) atoms. The number of halogens is 1. The highest BCUT2D eigenvalue weighted by atomic mass is 35.5. The summed E-state index contributed by atoms with van der Waals surface area (Å²) in [4.78, 5) is 15.6. The van der Waals surface area contributed by atoms with Crippen molar-refractivity contribution < 1.29 is 23.7 Å². The van der Waals surface area contributed by atoms with Crippen LogP contribution in [0.15, 0.2) is 29.2 Å². The Morgan fingerprint density at radius 1 is 0.857 bits per heavy atom. The molecule has 1 aliphatic rings. The molecule has 1 aromatic carbocycles. The molecule has 0 aliphatic carbocycles. The molecule has 0 amide bonds. The van der Waals surface area contributed by atoms with Crippen LogP contribution in [0.5, 0.6) is 0 Å². The van der Waals surface area contributed by atoms with Crippen molar-refractivity contribution in [3.63, 3.8) is 0 Å². The van der Waals surface area contributed by atoms with E-state index in [1.165, 1.54) is 6.20 Å². The SMILES string of the molecule is CCCCOC[C@H]1O[C@@H](c2ccc(Cl)c(Cc3ncc(=O)[nH]n3)c2)[C@H](OCCCC)[C@@H](OCCCC)[C@@H]1OCCCC. The number of nitrogens with one attached hydrogen (secondary N) is 1. The number of hydrogen-bond donors (Lipinski definition) is 1. The second-order valence-corrected chi connectivity index (χ2v) is 11.3. The maximum absolute atomic E-state index is 11.5. The van der Waals surface area contributed by atoms with E-state index in [0.717, 1.165) is 62.5 Å². The van der Waals surface area contributed by atoms with E-state index in [0.29, 0.717) is 50.3 Å². The van der Waals surface area contributed by atoms with Crippen LogP contribution >= 0.6 is 11.6 Å². The summed E-state index contributed by atoms with van der Waals surface area (Å²) >= 11 is 6.62. The predicted octanol–water partition coefficient (Wildman–Crippen LogP) is 6.22. The fraction of sp³-hybridized carbons (Fsp3) is 0.719. The molecule has 0 radical (unpaired) electrons. The Hall–Kier alpha value is -1.88. The molecule has 10 heteroatoms. The van der Waals surface area contributed by atoms with Crippen LogP contribution in [0.2, 0.25) is 5.02 Å². The van der Waals surface area contributed by atoms with Gasteiger partial charge in [-0.2, -0.15) is 5.10 Å². The van der Waals surface area contributed by atoms with Crippen molar-refractivity contribution in [1.82, 2.24) is 15.2 Å². The minimum absolute atomic E-state index is 0.320. The topological polar surface area (TPSA) is 105 Å². The summed E-state index contributed by atoms with van der Waals surface area (Å²) in [5.74, 6) is 0.473. The molecular weight excluding hydrogens is 558 g/mol. The average molecular weight is 608 g/mol. The minimum atomic E-state index is -0.424. The number of ether oxygens (including phenoxy) is 5. The Labute approximate surface area is 256 Å². The zero-order valence-electron chi connectivity index (χ0n) is 25.8. The van der Waals surface area contributed by atoms with Gasteiger partial charge in [0.2, 0.25) is 0 Å². The number of benzene rings is 1. The summed E-state index contributed by atoms with van der Waals surface area (Å²) in [6.45, 7) is 11.5. The number of nitrogens with zero attached hydrogens (tertiary/aromatic N) is 2. The first-order valence-corrected chi connectivity index (χ1v) is 16.2. The van der Waals surface area contributed by atoms with Gasteiger partial charge in [0, 0.05) is 37.9 Å². The molecule has 5 atom stereocenters. The fourth-order valence-electron chi connectivity index (χ4n) is 4.90. The van der Waals surface area contributed by atoms with E-state index >= 15 is 0 Å². The van der Waals surface area contributed by atoms with Crippen molar-refractivity contribution in [1.29, 1.82) is 0 Å². The van der Waals surface area contributed by atoms with Gasteiger partial charge in [0.25, 0.3) is 5.56 Å². The number of H-pyrrole nitrogens is 1. The molecule has 2 aromatic rings. The molecule has 9 nitrogen and oxygen atoms in total. The Bertz CT molecular complexity index is 1070. The highest BCUT2D eigenvalue weighted by Gasteiger charge is 2.48. The van der Waals surface area contributed by atoms with Crippen LogP contribution in [0.25, 0.3) is 0 Å². The number of aromatic nitrogens is 3. The summed E-state index contributed by atoms with van der Waals surface area (Å²) in [6.07, 6.45) is 7.79. The zero-order chi connectivity index (χ0) is 30.2. The average Bonchev–Trinajstić information content (AvgIpc) is 2.99. The van der Waals surface area contributed by atoms with Gasteiger partial charge in [0.1, 0.15) is 30.5 Å². The second-order valence-electron chi connectivity index (χ2n) is 10.9. The van der Waals surface area contributed by atoms with Crippen molar-refractivity contribution in [2.75, 3.05) is 33.0 Å².